The van der Waals surface area contributed by atoms with Crippen LogP contribution in [0.3, 0.4) is 0 Å². The van der Waals surface area contributed by atoms with Gasteiger partial charge in [-0.15, -0.1) is 0 Å². The molecule has 0 N–H and O–H groups in total. The lowest BCUT2D eigenvalue weighted by Gasteiger charge is -2.03. The molecule has 0 unspecified atom stereocenters. The Morgan fingerprint density at radius 1 is 1.53 bits per heavy atom. The molecule has 1 atom stereocenters. The highest BCUT2D eigenvalue weighted by molar-refractivity contribution is 9.10. The number of epoxide rings is 1. The standard InChI is InChI=1S/C9H9BrO4S/c10-7-2-1-3-9(4-7)15(11,12)14-6-8-5-13-8/h1-4,8H,5-6H2/t8-/m1/s1. The molecule has 1 fully saturated rings. The zero-order chi connectivity index (χ0) is 10.9. The summed E-state index contributed by atoms with van der Waals surface area (Å²) in [7, 11) is -3.65. The molecule has 1 aliphatic heterocycles. The van der Waals surface area contributed by atoms with Crippen molar-refractivity contribution in [3.8, 4) is 0 Å². The number of halogens is 1. The molecule has 1 aromatic rings. The van der Waals surface area contributed by atoms with Crippen LogP contribution in [0.25, 0.3) is 0 Å². The van der Waals surface area contributed by atoms with Crippen LogP contribution in [-0.2, 0) is 19.0 Å². The monoisotopic (exact) mass is 292 g/mol. The summed E-state index contributed by atoms with van der Waals surface area (Å²) in [5.41, 5.74) is 0. The Balaban J connectivity index is 2.12. The quantitative estimate of drug-likeness (QED) is 0.624. The second-order valence-corrected chi connectivity index (χ2v) is 5.68. The van der Waals surface area contributed by atoms with E-state index in [0.29, 0.717) is 11.1 Å². The van der Waals surface area contributed by atoms with E-state index in [1.54, 1.807) is 12.1 Å². The summed E-state index contributed by atoms with van der Waals surface area (Å²) in [4.78, 5) is 0.150. The van der Waals surface area contributed by atoms with E-state index in [4.69, 9.17) is 8.92 Å². The van der Waals surface area contributed by atoms with Crippen LogP contribution < -0.4 is 0 Å². The van der Waals surface area contributed by atoms with Gasteiger partial charge in [-0.05, 0) is 18.2 Å². The lowest BCUT2D eigenvalue weighted by atomic mass is 10.4. The summed E-state index contributed by atoms with van der Waals surface area (Å²) in [5, 5.41) is 0. The van der Waals surface area contributed by atoms with Gasteiger partial charge in [0.05, 0.1) is 18.1 Å². The molecule has 15 heavy (non-hydrogen) atoms. The Kier molecular flexibility index (Phi) is 3.11. The summed E-state index contributed by atoms with van der Waals surface area (Å²) in [6.07, 6.45) is -0.0630. The highest BCUT2D eigenvalue weighted by Crippen LogP contribution is 2.19. The minimum Gasteiger partial charge on any atom is -0.371 e. The second-order valence-electron chi connectivity index (χ2n) is 3.15. The summed E-state index contributed by atoms with van der Waals surface area (Å²) in [6, 6.07) is 6.40. The van der Waals surface area contributed by atoms with E-state index < -0.39 is 10.1 Å². The number of rotatable bonds is 4. The molecule has 0 radical (unpaired) electrons. The third-order valence-electron chi connectivity index (χ3n) is 1.90. The van der Waals surface area contributed by atoms with Gasteiger partial charge in [0, 0.05) is 4.47 Å². The highest BCUT2D eigenvalue weighted by Gasteiger charge is 2.26. The van der Waals surface area contributed by atoms with Gasteiger partial charge >= 0.3 is 0 Å². The molecule has 1 heterocycles. The van der Waals surface area contributed by atoms with E-state index in [9.17, 15) is 8.42 Å². The average molecular weight is 293 g/mol. The molecular formula is C9H9BrO4S. The van der Waals surface area contributed by atoms with Crippen molar-refractivity contribution in [3.63, 3.8) is 0 Å². The van der Waals surface area contributed by atoms with Crippen LogP contribution in [0.5, 0.6) is 0 Å². The summed E-state index contributed by atoms with van der Waals surface area (Å²) in [5.74, 6) is 0. The predicted molar refractivity (Wildman–Crippen MR) is 57.0 cm³/mol. The SMILES string of the molecule is O=S(=O)(OC[C@H]1CO1)c1cccc(Br)c1. The van der Waals surface area contributed by atoms with E-state index in [2.05, 4.69) is 15.9 Å². The maximum absolute atomic E-state index is 11.6. The molecule has 1 saturated heterocycles. The summed E-state index contributed by atoms with van der Waals surface area (Å²) < 4.78 is 33.6. The first-order valence-corrected chi connectivity index (χ1v) is 6.55. The molecule has 1 aliphatic rings. The molecule has 0 spiro atoms. The van der Waals surface area contributed by atoms with E-state index in [0.717, 1.165) is 0 Å². The Labute approximate surface area is 96.4 Å². The van der Waals surface area contributed by atoms with Gasteiger partial charge < -0.3 is 4.74 Å². The van der Waals surface area contributed by atoms with Gasteiger partial charge in [0.25, 0.3) is 10.1 Å². The van der Waals surface area contributed by atoms with Crippen molar-refractivity contribution in [1.29, 1.82) is 0 Å². The lowest BCUT2D eigenvalue weighted by Crippen LogP contribution is -2.10. The van der Waals surface area contributed by atoms with Crippen LogP contribution >= 0.6 is 15.9 Å². The maximum Gasteiger partial charge on any atom is 0.297 e. The normalized spacial score (nSPS) is 20.2. The number of ether oxygens (including phenoxy) is 1. The number of hydrogen-bond donors (Lipinski definition) is 0. The van der Waals surface area contributed by atoms with Crippen molar-refractivity contribution < 1.29 is 17.3 Å². The van der Waals surface area contributed by atoms with Gasteiger partial charge in [-0.3, -0.25) is 4.18 Å². The minimum atomic E-state index is -3.65. The third-order valence-corrected chi connectivity index (χ3v) is 3.67. The smallest absolute Gasteiger partial charge is 0.297 e. The van der Waals surface area contributed by atoms with E-state index in [-0.39, 0.29) is 17.6 Å². The Bertz CT molecular complexity index is 453. The molecule has 0 aliphatic carbocycles. The molecule has 6 heteroatoms. The predicted octanol–water partition coefficient (Wildman–Crippen LogP) is 1.55. The van der Waals surface area contributed by atoms with Crippen LogP contribution in [0.15, 0.2) is 33.6 Å². The average Bonchev–Trinajstić information content (AvgIpc) is 2.98. The van der Waals surface area contributed by atoms with Crippen LogP contribution in [0.1, 0.15) is 0 Å². The maximum atomic E-state index is 11.6. The number of hydrogen-bond acceptors (Lipinski definition) is 4. The van der Waals surface area contributed by atoms with Crippen LogP contribution in [0, 0.1) is 0 Å². The molecule has 4 nitrogen and oxygen atoms in total. The molecule has 0 aromatic heterocycles. The third kappa shape index (κ3) is 3.01. The van der Waals surface area contributed by atoms with E-state index in [1.165, 1.54) is 12.1 Å². The molecule has 2 rings (SSSR count). The minimum absolute atomic E-state index is 0.0630. The zero-order valence-electron chi connectivity index (χ0n) is 7.72. The van der Waals surface area contributed by atoms with Crippen LogP contribution in [0.2, 0.25) is 0 Å². The summed E-state index contributed by atoms with van der Waals surface area (Å²) >= 11 is 3.20. The van der Waals surface area contributed by atoms with E-state index in [1.807, 2.05) is 0 Å². The fraction of sp³-hybridized carbons (Fsp3) is 0.333. The first kappa shape index (κ1) is 11.1. The van der Waals surface area contributed by atoms with Crippen LogP contribution in [0.4, 0.5) is 0 Å². The number of benzene rings is 1. The van der Waals surface area contributed by atoms with Crippen molar-refractivity contribution in [3.05, 3.63) is 28.7 Å². The van der Waals surface area contributed by atoms with Crippen LogP contribution in [-0.4, -0.2) is 27.7 Å². The Morgan fingerprint density at radius 3 is 2.87 bits per heavy atom. The van der Waals surface area contributed by atoms with Crippen molar-refractivity contribution in [2.24, 2.45) is 0 Å². The van der Waals surface area contributed by atoms with Gasteiger partial charge in [-0.1, -0.05) is 22.0 Å². The lowest BCUT2D eigenvalue weighted by molar-refractivity contribution is 0.266. The summed E-state index contributed by atoms with van der Waals surface area (Å²) in [6.45, 7) is 0.669. The highest BCUT2D eigenvalue weighted by atomic mass is 79.9. The van der Waals surface area contributed by atoms with Gasteiger partial charge in [0.2, 0.25) is 0 Å². The Hall–Kier alpha value is -0.430. The van der Waals surface area contributed by atoms with Gasteiger partial charge in [-0.25, -0.2) is 0 Å². The molecule has 0 bridgehead atoms. The van der Waals surface area contributed by atoms with Gasteiger partial charge in [0.1, 0.15) is 6.10 Å². The van der Waals surface area contributed by atoms with Crippen molar-refractivity contribution in [2.75, 3.05) is 13.2 Å². The first-order chi connectivity index (χ1) is 7.08. The second kappa shape index (κ2) is 4.21. The molecular weight excluding hydrogens is 284 g/mol. The van der Waals surface area contributed by atoms with E-state index >= 15 is 0 Å². The van der Waals surface area contributed by atoms with Crippen molar-refractivity contribution in [2.45, 2.75) is 11.0 Å². The Morgan fingerprint density at radius 2 is 2.27 bits per heavy atom. The molecule has 82 valence electrons. The largest absolute Gasteiger partial charge is 0.371 e. The van der Waals surface area contributed by atoms with Crippen molar-refractivity contribution in [1.82, 2.24) is 0 Å². The van der Waals surface area contributed by atoms with Gasteiger partial charge in [0.15, 0.2) is 0 Å². The molecule has 1 aromatic carbocycles. The topological polar surface area (TPSA) is 55.9 Å². The fourth-order valence-corrected chi connectivity index (χ4v) is 2.55. The molecule has 0 amide bonds. The first-order valence-electron chi connectivity index (χ1n) is 4.34. The molecule has 0 saturated carbocycles. The van der Waals surface area contributed by atoms with Gasteiger partial charge in [-0.2, -0.15) is 8.42 Å². The zero-order valence-corrected chi connectivity index (χ0v) is 10.1. The van der Waals surface area contributed by atoms with Crippen molar-refractivity contribution >= 4 is 26.0 Å². The fourth-order valence-electron chi connectivity index (χ4n) is 1.02.